The minimum absolute atomic E-state index is 0.0362. The first kappa shape index (κ1) is 26.4. The summed E-state index contributed by atoms with van der Waals surface area (Å²) in [5.41, 5.74) is 3.53. The lowest BCUT2D eigenvalue weighted by molar-refractivity contribution is 0.0858. The molecule has 10 heteroatoms. The fourth-order valence-electron chi connectivity index (χ4n) is 6.08. The van der Waals surface area contributed by atoms with Gasteiger partial charge < -0.3 is 30.2 Å². The lowest BCUT2D eigenvalue weighted by Crippen LogP contribution is -2.47. The SMILES string of the molecule is O=C(Nc1ccc(Cl)cc1)Nc1cc(C(=O)NCC2CCCO2)ccc1N1CC2CC(C1)c1cccc(=O)n1C2. The van der Waals surface area contributed by atoms with Crippen LogP contribution >= 0.6 is 11.6 Å². The number of fused-ring (bicyclic) bond motifs is 4. The van der Waals surface area contributed by atoms with E-state index in [0.717, 1.165) is 43.8 Å². The van der Waals surface area contributed by atoms with Gasteiger partial charge in [0.15, 0.2) is 0 Å². The second kappa shape index (κ2) is 11.3. The number of carbonyl (C=O) groups excluding carboxylic acids is 2. The Kier molecular flexibility index (Phi) is 7.49. The number of halogens is 1. The molecule has 0 aliphatic carbocycles. The monoisotopic (exact) mass is 561 g/mol. The number of aromatic nitrogens is 1. The van der Waals surface area contributed by atoms with E-state index in [4.69, 9.17) is 16.3 Å². The zero-order chi connectivity index (χ0) is 27.6. The molecule has 208 valence electrons. The van der Waals surface area contributed by atoms with Crippen molar-refractivity contribution in [2.24, 2.45) is 5.92 Å². The van der Waals surface area contributed by atoms with Crippen molar-refractivity contribution >= 4 is 40.6 Å². The van der Waals surface area contributed by atoms with Crippen molar-refractivity contribution in [1.29, 1.82) is 0 Å². The lowest BCUT2D eigenvalue weighted by Gasteiger charge is -2.44. The molecule has 40 heavy (non-hydrogen) atoms. The summed E-state index contributed by atoms with van der Waals surface area (Å²) < 4.78 is 7.53. The molecule has 3 aliphatic heterocycles. The van der Waals surface area contributed by atoms with Gasteiger partial charge in [-0.3, -0.25) is 9.59 Å². The normalized spacial score (nSPS) is 21.4. The lowest BCUT2D eigenvalue weighted by atomic mass is 9.83. The van der Waals surface area contributed by atoms with E-state index in [1.807, 2.05) is 22.8 Å². The second-order valence-electron chi connectivity index (χ2n) is 10.8. The first-order chi connectivity index (χ1) is 19.4. The average molecular weight is 562 g/mol. The first-order valence-electron chi connectivity index (χ1n) is 13.7. The molecule has 2 bridgehead atoms. The number of benzene rings is 2. The number of ether oxygens (including phenoxy) is 1. The van der Waals surface area contributed by atoms with Crippen LogP contribution in [-0.2, 0) is 11.3 Å². The van der Waals surface area contributed by atoms with Gasteiger partial charge in [0, 0.05) is 66.7 Å². The van der Waals surface area contributed by atoms with Gasteiger partial charge in [-0.25, -0.2) is 4.79 Å². The summed E-state index contributed by atoms with van der Waals surface area (Å²) in [5, 5.41) is 9.35. The summed E-state index contributed by atoms with van der Waals surface area (Å²) in [5.74, 6) is 0.287. The van der Waals surface area contributed by atoms with E-state index in [9.17, 15) is 14.4 Å². The van der Waals surface area contributed by atoms with Crippen molar-refractivity contribution in [2.75, 3.05) is 41.8 Å². The van der Waals surface area contributed by atoms with Crippen LogP contribution in [0.15, 0.2) is 65.5 Å². The first-order valence-corrected chi connectivity index (χ1v) is 14.1. The Bertz CT molecular complexity index is 1470. The van der Waals surface area contributed by atoms with E-state index in [1.165, 1.54) is 0 Å². The number of rotatable bonds is 6. The van der Waals surface area contributed by atoms with Crippen LogP contribution in [-0.4, -0.2) is 48.9 Å². The van der Waals surface area contributed by atoms with Gasteiger partial charge in [-0.2, -0.15) is 0 Å². The van der Waals surface area contributed by atoms with Crippen molar-refractivity contribution < 1.29 is 14.3 Å². The molecular weight excluding hydrogens is 530 g/mol. The van der Waals surface area contributed by atoms with Crippen LogP contribution in [0.3, 0.4) is 0 Å². The van der Waals surface area contributed by atoms with Crippen LogP contribution < -0.4 is 26.4 Å². The third kappa shape index (κ3) is 5.71. The molecule has 3 amide bonds. The number of hydrogen-bond donors (Lipinski definition) is 3. The molecule has 3 aliphatic rings. The Hall–Kier alpha value is -3.82. The van der Waals surface area contributed by atoms with E-state index in [0.29, 0.717) is 47.5 Å². The molecule has 2 fully saturated rings. The Morgan fingerprint density at radius 2 is 1.85 bits per heavy atom. The molecule has 3 aromatic rings. The van der Waals surface area contributed by atoms with Gasteiger partial charge >= 0.3 is 6.03 Å². The van der Waals surface area contributed by atoms with Crippen LogP contribution in [0.2, 0.25) is 5.02 Å². The molecule has 1 aromatic heterocycles. The van der Waals surface area contributed by atoms with Gasteiger partial charge in [-0.05, 0) is 73.7 Å². The van der Waals surface area contributed by atoms with Crippen molar-refractivity contribution in [2.45, 2.75) is 37.8 Å². The van der Waals surface area contributed by atoms with Crippen molar-refractivity contribution in [1.82, 2.24) is 9.88 Å². The molecule has 3 N–H and O–H groups in total. The summed E-state index contributed by atoms with van der Waals surface area (Å²) in [7, 11) is 0. The summed E-state index contributed by atoms with van der Waals surface area (Å²) in [6.07, 6.45) is 2.99. The molecule has 4 heterocycles. The quantitative estimate of drug-likeness (QED) is 0.405. The summed E-state index contributed by atoms with van der Waals surface area (Å²) in [6.45, 7) is 3.30. The third-order valence-corrected chi connectivity index (χ3v) is 8.20. The zero-order valence-electron chi connectivity index (χ0n) is 22.1. The standard InChI is InChI=1S/C30H32ClN5O4/c31-22-7-9-23(10-8-22)33-30(39)34-25-14-20(29(38)32-15-24-3-2-12-40-24)6-11-27(25)35-16-19-13-21(18-35)26-4-1-5-28(37)36(26)17-19/h1,4-11,14,19,21,24H,2-3,12-13,15-18H2,(H,32,38)(H2,33,34,39). The number of pyridine rings is 1. The number of urea groups is 1. The number of piperidine rings is 1. The average Bonchev–Trinajstić information content (AvgIpc) is 3.47. The summed E-state index contributed by atoms with van der Waals surface area (Å²) in [6, 6.07) is 17.3. The summed E-state index contributed by atoms with van der Waals surface area (Å²) >= 11 is 5.98. The topological polar surface area (TPSA) is 105 Å². The Balaban J connectivity index is 1.25. The van der Waals surface area contributed by atoms with Gasteiger partial charge in [0.25, 0.3) is 11.5 Å². The molecule has 2 saturated heterocycles. The zero-order valence-corrected chi connectivity index (χ0v) is 22.8. The Labute approximate surface area is 237 Å². The van der Waals surface area contributed by atoms with E-state index in [1.54, 1.807) is 42.5 Å². The van der Waals surface area contributed by atoms with Crippen LogP contribution in [0.4, 0.5) is 21.9 Å². The fourth-order valence-corrected chi connectivity index (χ4v) is 6.20. The van der Waals surface area contributed by atoms with Gasteiger partial charge in [-0.15, -0.1) is 0 Å². The molecule has 3 unspecified atom stereocenters. The highest BCUT2D eigenvalue weighted by Gasteiger charge is 2.35. The minimum atomic E-state index is -0.422. The van der Waals surface area contributed by atoms with Gasteiger partial charge in [0.2, 0.25) is 0 Å². The largest absolute Gasteiger partial charge is 0.376 e. The Morgan fingerprint density at radius 1 is 1.00 bits per heavy atom. The van der Waals surface area contributed by atoms with Crippen molar-refractivity contribution in [3.05, 3.63) is 87.3 Å². The van der Waals surface area contributed by atoms with E-state index >= 15 is 0 Å². The van der Waals surface area contributed by atoms with Gasteiger partial charge in [-0.1, -0.05) is 17.7 Å². The molecular formula is C30H32ClN5O4. The molecule has 0 spiro atoms. The smallest absolute Gasteiger partial charge is 0.323 e. The predicted octanol–water partition coefficient (Wildman–Crippen LogP) is 4.68. The maximum absolute atomic E-state index is 13.1. The second-order valence-corrected chi connectivity index (χ2v) is 11.2. The molecule has 3 atom stereocenters. The van der Waals surface area contributed by atoms with Crippen LogP contribution in [0, 0.1) is 5.92 Å². The maximum Gasteiger partial charge on any atom is 0.323 e. The van der Waals surface area contributed by atoms with Crippen LogP contribution in [0.1, 0.15) is 41.2 Å². The highest BCUT2D eigenvalue weighted by molar-refractivity contribution is 6.30. The van der Waals surface area contributed by atoms with Crippen LogP contribution in [0.25, 0.3) is 0 Å². The van der Waals surface area contributed by atoms with E-state index in [2.05, 4.69) is 20.9 Å². The van der Waals surface area contributed by atoms with Crippen molar-refractivity contribution in [3.63, 3.8) is 0 Å². The van der Waals surface area contributed by atoms with Crippen molar-refractivity contribution in [3.8, 4) is 0 Å². The van der Waals surface area contributed by atoms with E-state index < -0.39 is 6.03 Å². The number of hydrogen-bond acceptors (Lipinski definition) is 5. The number of nitrogens with zero attached hydrogens (tertiary/aromatic N) is 2. The molecule has 0 saturated carbocycles. The number of amides is 3. The highest BCUT2D eigenvalue weighted by Crippen LogP contribution is 2.39. The van der Waals surface area contributed by atoms with Gasteiger partial charge in [0.1, 0.15) is 0 Å². The maximum atomic E-state index is 13.1. The highest BCUT2D eigenvalue weighted by atomic mass is 35.5. The Morgan fingerprint density at radius 3 is 2.65 bits per heavy atom. The molecule has 0 radical (unpaired) electrons. The number of anilines is 3. The molecule has 2 aromatic carbocycles. The number of nitrogens with one attached hydrogen (secondary N) is 3. The van der Waals surface area contributed by atoms with E-state index in [-0.39, 0.29) is 23.5 Å². The fraction of sp³-hybridized carbons (Fsp3) is 0.367. The van der Waals surface area contributed by atoms with Crippen LogP contribution in [0.5, 0.6) is 0 Å². The van der Waals surface area contributed by atoms with Gasteiger partial charge in [0.05, 0.1) is 17.5 Å². The minimum Gasteiger partial charge on any atom is -0.376 e. The summed E-state index contributed by atoms with van der Waals surface area (Å²) in [4.78, 5) is 40.8. The molecule has 9 nitrogen and oxygen atoms in total. The molecule has 6 rings (SSSR count). The predicted molar refractivity (Wildman–Crippen MR) is 156 cm³/mol. The number of carbonyl (C=O) groups is 2. The third-order valence-electron chi connectivity index (χ3n) is 7.94.